The molecule has 10 nitrogen and oxygen atoms in total. The van der Waals surface area contributed by atoms with Gasteiger partial charge in [0.05, 0.1) is 19.7 Å². The number of carbonyl (C=O) groups is 3. The number of ketones is 1. The van der Waals surface area contributed by atoms with Gasteiger partial charge in [-0.2, -0.15) is 4.31 Å². The van der Waals surface area contributed by atoms with E-state index in [9.17, 15) is 22.8 Å². The number of Topliss-reactive ketones (excluding diaryl/α,β-unsaturated/α-hetero) is 1. The lowest BCUT2D eigenvalue weighted by molar-refractivity contribution is -0.131. The number of nitrogens with one attached hydrogen (secondary N) is 2. The predicted molar refractivity (Wildman–Crippen MR) is 151 cm³/mol. The number of amides is 2. The molecule has 1 aromatic carbocycles. The topological polar surface area (TPSA) is 135 Å². The van der Waals surface area contributed by atoms with Gasteiger partial charge in [-0.1, -0.05) is 32.0 Å². The van der Waals surface area contributed by atoms with Crippen molar-refractivity contribution in [2.24, 2.45) is 5.92 Å². The van der Waals surface area contributed by atoms with Crippen molar-refractivity contribution >= 4 is 27.6 Å². The number of hydrogen-bond donors (Lipinski definition) is 2. The lowest BCUT2D eigenvalue weighted by Crippen LogP contribution is -2.52. The van der Waals surface area contributed by atoms with E-state index < -0.39 is 33.8 Å². The van der Waals surface area contributed by atoms with E-state index in [4.69, 9.17) is 4.74 Å². The van der Waals surface area contributed by atoms with E-state index in [1.165, 1.54) is 12.3 Å². The van der Waals surface area contributed by atoms with Crippen molar-refractivity contribution in [3.05, 3.63) is 54.2 Å². The fourth-order valence-electron chi connectivity index (χ4n) is 4.63. The number of pyridine rings is 1. The third-order valence-electron chi connectivity index (χ3n) is 6.82. The van der Waals surface area contributed by atoms with Crippen LogP contribution in [0.4, 0.5) is 0 Å². The quantitative estimate of drug-likeness (QED) is 0.353. The number of carbonyl (C=O) groups excluding carboxylic acids is 3. The van der Waals surface area contributed by atoms with Gasteiger partial charge in [-0.05, 0) is 74.3 Å². The fourth-order valence-corrected chi connectivity index (χ4v) is 6.01. The summed E-state index contributed by atoms with van der Waals surface area (Å²) in [4.78, 5) is 42.8. The van der Waals surface area contributed by atoms with Crippen LogP contribution in [0, 0.1) is 5.92 Å². The minimum Gasteiger partial charge on any atom is -0.497 e. The zero-order valence-electron chi connectivity index (χ0n) is 23.5. The van der Waals surface area contributed by atoms with E-state index in [-0.39, 0.29) is 29.9 Å². The fraction of sp³-hybridized carbons (Fsp3) is 0.517. The summed E-state index contributed by atoms with van der Waals surface area (Å²) in [6.07, 6.45) is 5.16. The van der Waals surface area contributed by atoms with Crippen molar-refractivity contribution in [3.63, 3.8) is 0 Å². The number of nitrogens with zero attached hydrogens (tertiary/aromatic N) is 2. The molecule has 1 unspecified atom stereocenters. The number of methoxy groups -OCH3 is 1. The highest BCUT2D eigenvalue weighted by Gasteiger charge is 2.34. The van der Waals surface area contributed by atoms with Gasteiger partial charge >= 0.3 is 0 Å². The molecule has 0 saturated carbocycles. The predicted octanol–water partition coefficient (Wildman–Crippen LogP) is 2.87. The lowest BCUT2D eigenvalue weighted by atomic mass is 10.0. The minimum absolute atomic E-state index is 0.117. The number of benzene rings is 1. The van der Waals surface area contributed by atoms with Crippen LogP contribution in [0.5, 0.6) is 5.75 Å². The van der Waals surface area contributed by atoms with Crippen LogP contribution >= 0.6 is 0 Å². The van der Waals surface area contributed by atoms with Gasteiger partial charge in [0.1, 0.15) is 11.8 Å². The standard InChI is InChI=1S/C29H40N4O6S/c1-21(2)19-25(31-27(35)11-5-4-9-22-13-15-23(39-3)16-14-22)29(36)32-24-10-8-18-33(20-26(24)34)40(37,38)28-12-6-7-17-30-28/h6-7,12-17,21,24-25H,4-5,8-11,18-20H2,1-3H3,(H,31,35)(H,32,36)/t24?,25-/m0/s1. The highest BCUT2D eigenvalue weighted by Crippen LogP contribution is 2.18. The second kappa shape index (κ2) is 14.9. The van der Waals surface area contributed by atoms with E-state index in [0.717, 1.165) is 28.5 Å². The van der Waals surface area contributed by atoms with E-state index in [2.05, 4.69) is 15.6 Å². The van der Waals surface area contributed by atoms with Crippen molar-refractivity contribution in [2.45, 2.75) is 75.9 Å². The second-order valence-corrected chi connectivity index (χ2v) is 12.4. The summed E-state index contributed by atoms with van der Waals surface area (Å²) in [5, 5.41) is 5.51. The Balaban J connectivity index is 1.52. The normalized spacial score (nSPS) is 17.2. The molecule has 218 valence electrons. The minimum atomic E-state index is -3.92. The molecule has 1 fully saturated rings. The molecule has 1 aliphatic rings. The van der Waals surface area contributed by atoms with Crippen molar-refractivity contribution in [1.29, 1.82) is 0 Å². The molecule has 1 aromatic heterocycles. The maximum absolute atomic E-state index is 13.2. The molecule has 40 heavy (non-hydrogen) atoms. The Kier molecular flexibility index (Phi) is 11.6. The van der Waals surface area contributed by atoms with Crippen LogP contribution in [0.15, 0.2) is 53.7 Å². The first-order valence-corrected chi connectivity index (χ1v) is 15.2. The summed E-state index contributed by atoms with van der Waals surface area (Å²) in [5.74, 6) is -0.0986. The molecule has 2 atom stereocenters. The van der Waals surface area contributed by atoms with Crippen LogP contribution < -0.4 is 15.4 Å². The van der Waals surface area contributed by atoms with Gasteiger partial charge in [-0.3, -0.25) is 14.4 Å². The van der Waals surface area contributed by atoms with E-state index in [0.29, 0.717) is 32.1 Å². The largest absolute Gasteiger partial charge is 0.497 e. The van der Waals surface area contributed by atoms with Crippen LogP contribution in [0.3, 0.4) is 0 Å². The van der Waals surface area contributed by atoms with Crippen LogP contribution in [-0.4, -0.2) is 67.6 Å². The first-order chi connectivity index (χ1) is 19.1. The van der Waals surface area contributed by atoms with Crippen LogP contribution in [0.1, 0.15) is 57.9 Å². The zero-order valence-corrected chi connectivity index (χ0v) is 24.3. The third-order valence-corrected chi connectivity index (χ3v) is 8.58. The molecule has 11 heteroatoms. The number of rotatable bonds is 13. The summed E-state index contributed by atoms with van der Waals surface area (Å²) in [6, 6.07) is 10.8. The highest BCUT2D eigenvalue weighted by atomic mass is 32.2. The molecule has 2 amide bonds. The molecular weight excluding hydrogens is 532 g/mol. The number of aryl methyl sites for hydroxylation is 1. The van der Waals surface area contributed by atoms with Gasteiger partial charge < -0.3 is 15.4 Å². The smallest absolute Gasteiger partial charge is 0.260 e. The van der Waals surface area contributed by atoms with E-state index in [1.807, 2.05) is 38.1 Å². The Labute approximate surface area is 236 Å². The van der Waals surface area contributed by atoms with Crippen LogP contribution in [0.2, 0.25) is 0 Å². The maximum Gasteiger partial charge on any atom is 0.260 e. The molecule has 2 heterocycles. The molecule has 2 aromatic rings. The number of hydrogen-bond acceptors (Lipinski definition) is 7. The lowest BCUT2D eigenvalue weighted by Gasteiger charge is -2.23. The van der Waals surface area contributed by atoms with Gasteiger partial charge in [0.25, 0.3) is 10.0 Å². The monoisotopic (exact) mass is 572 g/mol. The van der Waals surface area contributed by atoms with E-state index in [1.54, 1.807) is 19.2 Å². The second-order valence-electron chi connectivity index (χ2n) is 10.5. The Hall–Kier alpha value is -3.31. The average molecular weight is 573 g/mol. The summed E-state index contributed by atoms with van der Waals surface area (Å²) >= 11 is 0. The summed E-state index contributed by atoms with van der Waals surface area (Å²) < 4.78 is 32.2. The number of unbranched alkanes of at least 4 members (excludes halogenated alkanes) is 1. The molecule has 1 aliphatic heterocycles. The van der Waals surface area contributed by atoms with Crippen LogP contribution in [-0.2, 0) is 30.8 Å². The van der Waals surface area contributed by atoms with Gasteiger partial charge in [0.15, 0.2) is 10.8 Å². The van der Waals surface area contributed by atoms with Gasteiger partial charge in [0.2, 0.25) is 11.8 Å². The molecule has 0 radical (unpaired) electrons. The molecule has 0 aliphatic carbocycles. The van der Waals surface area contributed by atoms with Crippen molar-refractivity contribution in [2.75, 3.05) is 20.2 Å². The highest BCUT2D eigenvalue weighted by molar-refractivity contribution is 7.89. The van der Waals surface area contributed by atoms with Gasteiger partial charge in [-0.25, -0.2) is 13.4 Å². The first-order valence-electron chi connectivity index (χ1n) is 13.8. The zero-order chi connectivity index (χ0) is 29.1. The Morgan fingerprint density at radius 1 is 1.12 bits per heavy atom. The first kappa shape index (κ1) is 31.2. The van der Waals surface area contributed by atoms with Gasteiger partial charge in [0, 0.05) is 19.2 Å². The number of aromatic nitrogens is 1. The molecule has 3 rings (SSSR count). The Bertz CT molecular complexity index is 1230. The average Bonchev–Trinajstić information content (AvgIpc) is 3.12. The van der Waals surface area contributed by atoms with Crippen molar-refractivity contribution in [3.8, 4) is 5.75 Å². The third kappa shape index (κ3) is 9.12. The van der Waals surface area contributed by atoms with E-state index >= 15 is 0 Å². The Morgan fingerprint density at radius 3 is 2.52 bits per heavy atom. The Morgan fingerprint density at radius 2 is 1.88 bits per heavy atom. The molecule has 2 N–H and O–H groups in total. The van der Waals surface area contributed by atoms with Crippen molar-refractivity contribution in [1.82, 2.24) is 19.9 Å². The van der Waals surface area contributed by atoms with Crippen molar-refractivity contribution < 1.29 is 27.5 Å². The molecule has 0 bridgehead atoms. The summed E-state index contributed by atoms with van der Waals surface area (Å²) in [6.45, 7) is 3.72. The van der Waals surface area contributed by atoms with Crippen LogP contribution in [0.25, 0.3) is 0 Å². The molecule has 1 saturated heterocycles. The summed E-state index contributed by atoms with van der Waals surface area (Å²) in [7, 11) is -2.30. The summed E-state index contributed by atoms with van der Waals surface area (Å²) in [5.41, 5.74) is 1.16. The van der Waals surface area contributed by atoms with Gasteiger partial charge in [-0.15, -0.1) is 0 Å². The molecular formula is C29H40N4O6S. The maximum atomic E-state index is 13.2. The number of ether oxygens (including phenoxy) is 1. The SMILES string of the molecule is COc1ccc(CCCCC(=O)N[C@@H](CC(C)C)C(=O)NC2CCCN(S(=O)(=O)c3ccccn3)CC2=O)cc1. The molecule has 0 spiro atoms. The number of sulfonamides is 1.